The lowest BCUT2D eigenvalue weighted by Gasteiger charge is -2.35. The standard InChI is InChI=1S/C10H22N2O4S2/c1-12(10-6-4-3-5-9(10)11)18(15,16)8-7-17(2,13)14/h9-10H,3-8,11H2,1-2H3. The van der Waals surface area contributed by atoms with Crippen LogP contribution < -0.4 is 5.73 Å². The number of likely N-dealkylation sites (N-methyl/N-ethyl adjacent to an activating group) is 1. The van der Waals surface area contributed by atoms with E-state index in [2.05, 4.69) is 0 Å². The van der Waals surface area contributed by atoms with Gasteiger partial charge in [-0.2, -0.15) is 0 Å². The van der Waals surface area contributed by atoms with Crippen molar-refractivity contribution in [2.24, 2.45) is 5.73 Å². The summed E-state index contributed by atoms with van der Waals surface area (Å²) in [7, 11) is -5.33. The quantitative estimate of drug-likeness (QED) is 0.742. The fourth-order valence-corrected chi connectivity index (χ4v) is 5.21. The summed E-state index contributed by atoms with van der Waals surface area (Å²) in [5, 5.41) is 0. The Kier molecular flexibility index (Phi) is 5.16. The van der Waals surface area contributed by atoms with E-state index in [0.29, 0.717) is 0 Å². The largest absolute Gasteiger partial charge is 0.326 e. The first kappa shape index (κ1) is 15.9. The summed E-state index contributed by atoms with van der Waals surface area (Å²) in [6, 6.07) is -0.361. The van der Waals surface area contributed by atoms with E-state index >= 15 is 0 Å². The van der Waals surface area contributed by atoms with E-state index in [-0.39, 0.29) is 23.6 Å². The normalized spacial score (nSPS) is 26.4. The van der Waals surface area contributed by atoms with Crippen LogP contribution in [-0.4, -0.2) is 58.0 Å². The number of rotatable bonds is 5. The Labute approximate surface area is 110 Å². The molecule has 6 nitrogen and oxygen atoms in total. The predicted molar refractivity (Wildman–Crippen MR) is 71.5 cm³/mol. The lowest BCUT2D eigenvalue weighted by molar-refractivity contribution is 0.252. The van der Waals surface area contributed by atoms with Crippen molar-refractivity contribution >= 4 is 19.9 Å². The highest BCUT2D eigenvalue weighted by molar-refractivity contribution is 7.93. The first-order valence-electron chi connectivity index (χ1n) is 6.02. The zero-order valence-electron chi connectivity index (χ0n) is 10.9. The van der Waals surface area contributed by atoms with Crippen LogP contribution in [0.5, 0.6) is 0 Å². The summed E-state index contributed by atoms with van der Waals surface area (Å²) in [5.41, 5.74) is 5.93. The minimum absolute atomic E-state index is 0.156. The zero-order chi connectivity index (χ0) is 14.0. The highest BCUT2D eigenvalue weighted by atomic mass is 32.2. The summed E-state index contributed by atoms with van der Waals surface area (Å²) in [5.74, 6) is -0.715. The molecule has 1 aliphatic rings. The molecule has 2 atom stereocenters. The van der Waals surface area contributed by atoms with Gasteiger partial charge in [0.2, 0.25) is 10.0 Å². The van der Waals surface area contributed by atoms with Crippen LogP contribution in [0.1, 0.15) is 25.7 Å². The molecular weight excluding hydrogens is 276 g/mol. The fourth-order valence-electron chi connectivity index (χ4n) is 2.20. The summed E-state index contributed by atoms with van der Waals surface area (Å²) >= 11 is 0. The Bertz CT molecular complexity index is 472. The number of nitrogens with zero attached hydrogens (tertiary/aromatic N) is 1. The molecule has 1 fully saturated rings. The molecule has 0 radical (unpaired) electrons. The van der Waals surface area contributed by atoms with Crippen LogP contribution in [-0.2, 0) is 19.9 Å². The van der Waals surface area contributed by atoms with Crippen LogP contribution in [0.3, 0.4) is 0 Å². The van der Waals surface area contributed by atoms with Crippen LogP contribution in [0, 0.1) is 0 Å². The van der Waals surface area contributed by atoms with Gasteiger partial charge < -0.3 is 5.73 Å². The van der Waals surface area contributed by atoms with E-state index in [1.807, 2.05) is 0 Å². The molecule has 0 aromatic heterocycles. The Morgan fingerprint density at radius 1 is 1.11 bits per heavy atom. The Morgan fingerprint density at radius 2 is 1.67 bits per heavy atom. The molecule has 0 aromatic carbocycles. The molecule has 0 saturated heterocycles. The number of sulfone groups is 1. The van der Waals surface area contributed by atoms with Crippen LogP contribution in [0.15, 0.2) is 0 Å². The third-order valence-electron chi connectivity index (χ3n) is 3.40. The molecule has 1 rings (SSSR count). The van der Waals surface area contributed by atoms with Gasteiger partial charge >= 0.3 is 0 Å². The van der Waals surface area contributed by atoms with Gasteiger partial charge in [-0.25, -0.2) is 21.1 Å². The molecule has 18 heavy (non-hydrogen) atoms. The molecule has 0 spiro atoms. The van der Waals surface area contributed by atoms with Gasteiger partial charge in [-0.3, -0.25) is 0 Å². The molecule has 0 aliphatic heterocycles. The Hall–Kier alpha value is -0.180. The molecule has 2 unspecified atom stereocenters. The minimum Gasteiger partial charge on any atom is -0.326 e. The second-order valence-electron chi connectivity index (χ2n) is 4.98. The van der Waals surface area contributed by atoms with Crippen molar-refractivity contribution in [2.75, 3.05) is 24.8 Å². The van der Waals surface area contributed by atoms with Crippen LogP contribution in [0.2, 0.25) is 0 Å². The SMILES string of the molecule is CN(C1CCCCC1N)S(=O)(=O)CCS(C)(=O)=O. The van der Waals surface area contributed by atoms with E-state index in [9.17, 15) is 16.8 Å². The van der Waals surface area contributed by atoms with Gasteiger partial charge in [-0.15, -0.1) is 0 Å². The van der Waals surface area contributed by atoms with Gasteiger partial charge in [0.1, 0.15) is 9.84 Å². The Morgan fingerprint density at radius 3 is 2.17 bits per heavy atom. The molecule has 8 heteroatoms. The maximum absolute atomic E-state index is 12.0. The van der Waals surface area contributed by atoms with Crippen molar-refractivity contribution in [1.29, 1.82) is 0 Å². The fraction of sp³-hybridized carbons (Fsp3) is 1.00. The molecule has 0 amide bonds. The van der Waals surface area contributed by atoms with Crippen molar-refractivity contribution in [2.45, 2.75) is 37.8 Å². The second kappa shape index (κ2) is 5.85. The van der Waals surface area contributed by atoms with Gasteiger partial charge in [-0.05, 0) is 12.8 Å². The number of hydrogen-bond acceptors (Lipinski definition) is 5. The summed E-state index contributed by atoms with van der Waals surface area (Å²) < 4.78 is 47.4. The zero-order valence-corrected chi connectivity index (χ0v) is 12.5. The van der Waals surface area contributed by atoms with Gasteiger partial charge in [0.05, 0.1) is 11.5 Å². The highest BCUT2D eigenvalue weighted by Gasteiger charge is 2.32. The van der Waals surface area contributed by atoms with E-state index in [1.165, 1.54) is 11.4 Å². The maximum atomic E-state index is 12.0. The predicted octanol–water partition coefficient (Wildman–Crippen LogP) is -0.437. The molecule has 108 valence electrons. The van der Waals surface area contributed by atoms with E-state index in [0.717, 1.165) is 31.9 Å². The maximum Gasteiger partial charge on any atom is 0.215 e. The van der Waals surface area contributed by atoms with Crippen molar-refractivity contribution < 1.29 is 16.8 Å². The monoisotopic (exact) mass is 298 g/mol. The third-order valence-corrected chi connectivity index (χ3v) is 6.47. The van der Waals surface area contributed by atoms with Gasteiger partial charge in [-0.1, -0.05) is 12.8 Å². The molecule has 2 N–H and O–H groups in total. The molecule has 1 saturated carbocycles. The second-order valence-corrected chi connectivity index (χ2v) is 9.39. The first-order valence-corrected chi connectivity index (χ1v) is 9.69. The number of nitrogens with two attached hydrogens (primary N) is 1. The summed E-state index contributed by atoms with van der Waals surface area (Å²) in [6.07, 6.45) is 4.58. The van der Waals surface area contributed by atoms with Crippen molar-refractivity contribution in [3.63, 3.8) is 0 Å². The van der Waals surface area contributed by atoms with Gasteiger partial charge in [0, 0.05) is 25.4 Å². The van der Waals surface area contributed by atoms with E-state index in [4.69, 9.17) is 5.73 Å². The molecule has 0 heterocycles. The van der Waals surface area contributed by atoms with Crippen molar-refractivity contribution in [1.82, 2.24) is 4.31 Å². The molecular formula is C10H22N2O4S2. The first-order chi connectivity index (χ1) is 8.13. The van der Waals surface area contributed by atoms with Gasteiger partial charge in [0.25, 0.3) is 0 Å². The average Bonchev–Trinajstić information content (AvgIpc) is 2.25. The summed E-state index contributed by atoms with van der Waals surface area (Å²) in [4.78, 5) is 0. The lowest BCUT2D eigenvalue weighted by atomic mass is 9.91. The number of hydrogen-bond donors (Lipinski definition) is 1. The number of sulfonamides is 1. The topological polar surface area (TPSA) is 97.5 Å². The molecule has 0 bridgehead atoms. The average molecular weight is 298 g/mol. The van der Waals surface area contributed by atoms with Crippen molar-refractivity contribution in [3.05, 3.63) is 0 Å². The smallest absolute Gasteiger partial charge is 0.215 e. The highest BCUT2D eigenvalue weighted by Crippen LogP contribution is 2.23. The van der Waals surface area contributed by atoms with Crippen molar-refractivity contribution in [3.8, 4) is 0 Å². The van der Waals surface area contributed by atoms with E-state index in [1.54, 1.807) is 0 Å². The van der Waals surface area contributed by atoms with E-state index < -0.39 is 19.9 Å². The van der Waals surface area contributed by atoms with Crippen LogP contribution in [0.4, 0.5) is 0 Å². The summed E-state index contributed by atoms with van der Waals surface area (Å²) in [6.45, 7) is 0. The van der Waals surface area contributed by atoms with Crippen LogP contribution in [0.25, 0.3) is 0 Å². The van der Waals surface area contributed by atoms with Crippen LogP contribution >= 0.6 is 0 Å². The third kappa shape index (κ3) is 4.49. The Balaban J connectivity index is 2.72. The van der Waals surface area contributed by atoms with Gasteiger partial charge in [0.15, 0.2) is 0 Å². The molecule has 1 aliphatic carbocycles. The lowest BCUT2D eigenvalue weighted by Crippen LogP contribution is -2.51. The minimum atomic E-state index is -3.55. The molecule has 0 aromatic rings.